The van der Waals surface area contributed by atoms with Gasteiger partial charge in [-0.25, -0.2) is 0 Å². The molecule has 6 nitrogen and oxygen atoms in total. The van der Waals surface area contributed by atoms with Crippen molar-refractivity contribution in [3.8, 4) is 11.5 Å². The average Bonchev–Trinajstić information content (AvgIpc) is 3.02. The standard InChI is InChI=1S/C14H16N4O2/c1-17-6-8-18(9-7-17)14(19)12-4-2-11(3-5-12)13-16-15-10-20-13/h2-5,10H,6-9H2,1H3. The molecule has 1 aromatic heterocycles. The maximum Gasteiger partial charge on any atom is 0.253 e. The zero-order valence-electron chi connectivity index (χ0n) is 11.3. The van der Waals surface area contributed by atoms with Crippen LogP contribution in [0, 0.1) is 0 Å². The first kappa shape index (κ1) is 12.8. The van der Waals surface area contributed by atoms with Crippen molar-refractivity contribution in [1.82, 2.24) is 20.0 Å². The van der Waals surface area contributed by atoms with E-state index >= 15 is 0 Å². The second-order valence-electron chi connectivity index (χ2n) is 4.92. The van der Waals surface area contributed by atoms with Crippen molar-refractivity contribution in [2.75, 3.05) is 33.2 Å². The number of hydrogen-bond acceptors (Lipinski definition) is 5. The number of likely N-dealkylation sites (N-methyl/N-ethyl adjacent to an activating group) is 1. The van der Waals surface area contributed by atoms with Gasteiger partial charge in [-0.3, -0.25) is 4.79 Å². The molecule has 2 heterocycles. The maximum absolute atomic E-state index is 12.4. The Labute approximate surface area is 117 Å². The van der Waals surface area contributed by atoms with Crippen molar-refractivity contribution >= 4 is 5.91 Å². The van der Waals surface area contributed by atoms with Crippen LogP contribution in [0.3, 0.4) is 0 Å². The third-order valence-corrected chi connectivity index (χ3v) is 3.53. The zero-order valence-corrected chi connectivity index (χ0v) is 11.3. The van der Waals surface area contributed by atoms with E-state index in [0.717, 1.165) is 31.7 Å². The summed E-state index contributed by atoms with van der Waals surface area (Å²) in [5, 5.41) is 7.48. The summed E-state index contributed by atoms with van der Waals surface area (Å²) < 4.78 is 5.12. The van der Waals surface area contributed by atoms with Crippen molar-refractivity contribution in [3.05, 3.63) is 36.2 Å². The van der Waals surface area contributed by atoms with Crippen LogP contribution in [0.15, 0.2) is 35.1 Å². The molecule has 0 unspecified atom stereocenters. The van der Waals surface area contributed by atoms with Crippen LogP contribution in [0.25, 0.3) is 11.5 Å². The van der Waals surface area contributed by atoms with E-state index in [2.05, 4.69) is 22.1 Å². The monoisotopic (exact) mass is 272 g/mol. The summed E-state index contributed by atoms with van der Waals surface area (Å²) >= 11 is 0. The van der Waals surface area contributed by atoms with E-state index in [0.29, 0.717) is 11.5 Å². The van der Waals surface area contributed by atoms with Gasteiger partial charge in [-0.05, 0) is 31.3 Å². The average molecular weight is 272 g/mol. The predicted molar refractivity (Wildman–Crippen MR) is 73.1 cm³/mol. The second kappa shape index (κ2) is 5.42. The molecule has 0 spiro atoms. The molecule has 6 heteroatoms. The topological polar surface area (TPSA) is 62.5 Å². The first-order chi connectivity index (χ1) is 9.74. The minimum absolute atomic E-state index is 0.0789. The number of rotatable bonds is 2. The Bertz CT molecular complexity index is 572. The highest BCUT2D eigenvalue weighted by molar-refractivity contribution is 5.94. The van der Waals surface area contributed by atoms with Gasteiger partial charge in [-0.15, -0.1) is 10.2 Å². The molecule has 0 radical (unpaired) electrons. The molecule has 20 heavy (non-hydrogen) atoms. The first-order valence-corrected chi connectivity index (χ1v) is 6.58. The lowest BCUT2D eigenvalue weighted by atomic mass is 10.1. The predicted octanol–water partition coefficient (Wildman–Crippen LogP) is 1.12. The Kier molecular flexibility index (Phi) is 3.47. The molecule has 0 atom stereocenters. The highest BCUT2D eigenvalue weighted by atomic mass is 16.4. The number of amides is 1. The van der Waals surface area contributed by atoms with Gasteiger partial charge < -0.3 is 14.2 Å². The van der Waals surface area contributed by atoms with E-state index in [-0.39, 0.29) is 5.91 Å². The Morgan fingerprint density at radius 3 is 2.45 bits per heavy atom. The SMILES string of the molecule is CN1CCN(C(=O)c2ccc(-c3nnco3)cc2)CC1. The van der Waals surface area contributed by atoms with Crippen LogP contribution in [-0.4, -0.2) is 59.1 Å². The molecule has 0 bridgehead atoms. The van der Waals surface area contributed by atoms with Crippen LogP contribution in [0.4, 0.5) is 0 Å². The lowest BCUT2D eigenvalue weighted by Gasteiger charge is -2.32. The molecule has 1 saturated heterocycles. The molecule has 0 N–H and O–H groups in total. The van der Waals surface area contributed by atoms with Gasteiger partial charge in [0.15, 0.2) is 0 Å². The van der Waals surface area contributed by atoms with Gasteiger partial charge in [0.2, 0.25) is 12.3 Å². The van der Waals surface area contributed by atoms with Crippen LogP contribution < -0.4 is 0 Å². The van der Waals surface area contributed by atoms with E-state index in [1.165, 1.54) is 6.39 Å². The van der Waals surface area contributed by atoms with Crippen LogP contribution >= 0.6 is 0 Å². The molecule has 1 aliphatic rings. The van der Waals surface area contributed by atoms with Crippen molar-refractivity contribution in [1.29, 1.82) is 0 Å². The Morgan fingerprint density at radius 2 is 1.85 bits per heavy atom. The van der Waals surface area contributed by atoms with E-state index in [9.17, 15) is 4.79 Å². The molecule has 1 amide bonds. The number of nitrogens with zero attached hydrogens (tertiary/aromatic N) is 4. The van der Waals surface area contributed by atoms with E-state index in [1.54, 1.807) is 12.1 Å². The molecule has 3 rings (SSSR count). The van der Waals surface area contributed by atoms with E-state index in [4.69, 9.17) is 4.42 Å². The van der Waals surface area contributed by atoms with Crippen LogP contribution in [0.5, 0.6) is 0 Å². The highest BCUT2D eigenvalue weighted by Gasteiger charge is 2.20. The van der Waals surface area contributed by atoms with Crippen LogP contribution in [0.1, 0.15) is 10.4 Å². The van der Waals surface area contributed by atoms with Gasteiger partial charge in [0.1, 0.15) is 0 Å². The van der Waals surface area contributed by atoms with Crippen molar-refractivity contribution in [3.63, 3.8) is 0 Å². The lowest BCUT2D eigenvalue weighted by molar-refractivity contribution is 0.0664. The van der Waals surface area contributed by atoms with Gasteiger partial charge >= 0.3 is 0 Å². The summed E-state index contributed by atoms with van der Waals surface area (Å²) in [7, 11) is 2.07. The second-order valence-corrected chi connectivity index (χ2v) is 4.92. The fourth-order valence-electron chi connectivity index (χ4n) is 2.25. The number of carbonyl (C=O) groups excluding carboxylic acids is 1. The van der Waals surface area contributed by atoms with Crippen LogP contribution in [0.2, 0.25) is 0 Å². The minimum atomic E-state index is 0.0789. The Morgan fingerprint density at radius 1 is 1.15 bits per heavy atom. The largest absolute Gasteiger partial charge is 0.423 e. The highest BCUT2D eigenvalue weighted by Crippen LogP contribution is 2.17. The van der Waals surface area contributed by atoms with Crippen molar-refractivity contribution < 1.29 is 9.21 Å². The summed E-state index contributed by atoms with van der Waals surface area (Å²) in [6.45, 7) is 3.40. The molecule has 104 valence electrons. The minimum Gasteiger partial charge on any atom is -0.423 e. The normalized spacial score (nSPS) is 16.4. The fraction of sp³-hybridized carbons (Fsp3) is 0.357. The zero-order chi connectivity index (χ0) is 13.9. The molecule has 0 aliphatic carbocycles. The van der Waals surface area contributed by atoms with Gasteiger partial charge in [-0.2, -0.15) is 0 Å². The first-order valence-electron chi connectivity index (χ1n) is 6.58. The summed E-state index contributed by atoms with van der Waals surface area (Å²) in [6, 6.07) is 7.27. The van der Waals surface area contributed by atoms with E-state index < -0.39 is 0 Å². The molecular formula is C14H16N4O2. The molecule has 0 saturated carbocycles. The summed E-state index contributed by atoms with van der Waals surface area (Å²) in [4.78, 5) is 16.5. The van der Waals surface area contributed by atoms with Gasteiger partial charge in [-0.1, -0.05) is 0 Å². The van der Waals surface area contributed by atoms with Gasteiger partial charge in [0.05, 0.1) is 0 Å². The Hall–Kier alpha value is -2.21. The van der Waals surface area contributed by atoms with Crippen molar-refractivity contribution in [2.24, 2.45) is 0 Å². The summed E-state index contributed by atoms with van der Waals surface area (Å²) in [5.74, 6) is 0.541. The number of carbonyl (C=O) groups is 1. The number of aromatic nitrogens is 2. The van der Waals surface area contributed by atoms with Gasteiger partial charge in [0.25, 0.3) is 5.91 Å². The molecule has 1 aliphatic heterocycles. The molecule has 1 aromatic carbocycles. The third-order valence-electron chi connectivity index (χ3n) is 3.53. The molecule has 2 aromatic rings. The van der Waals surface area contributed by atoms with Crippen molar-refractivity contribution in [2.45, 2.75) is 0 Å². The third kappa shape index (κ3) is 2.55. The number of piperazine rings is 1. The summed E-state index contributed by atoms with van der Waals surface area (Å²) in [5.41, 5.74) is 1.51. The number of benzene rings is 1. The molecule has 1 fully saturated rings. The van der Waals surface area contributed by atoms with Gasteiger partial charge in [0, 0.05) is 37.3 Å². The maximum atomic E-state index is 12.4. The smallest absolute Gasteiger partial charge is 0.253 e. The quantitative estimate of drug-likeness (QED) is 0.820. The molecular weight excluding hydrogens is 256 g/mol. The fourth-order valence-corrected chi connectivity index (χ4v) is 2.25. The Balaban J connectivity index is 1.73. The van der Waals surface area contributed by atoms with Crippen LogP contribution in [-0.2, 0) is 0 Å². The van der Waals surface area contributed by atoms with E-state index in [1.807, 2.05) is 17.0 Å². The number of hydrogen-bond donors (Lipinski definition) is 0. The summed E-state index contributed by atoms with van der Waals surface area (Å²) in [6.07, 6.45) is 1.29. The lowest BCUT2D eigenvalue weighted by Crippen LogP contribution is -2.47.